The lowest BCUT2D eigenvalue weighted by atomic mass is 9.86. The highest BCUT2D eigenvalue weighted by Gasteiger charge is 2.27. The molecule has 0 bridgehead atoms. The SMILES string of the molecule is C=CC(=O)O[C@@H](CCCCC#Cc1cc(Br)coc1=O)C(C)(C)C. The monoisotopic (exact) mass is 394 g/mol. The van der Waals surface area contributed by atoms with Crippen molar-refractivity contribution in [1.29, 1.82) is 0 Å². The average Bonchev–Trinajstić information content (AvgIpc) is 2.51. The molecule has 0 amide bonds. The summed E-state index contributed by atoms with van der Waals surface area (Å²) in [6.07, 6.45) is 5.55. The van der Waals surface area contributed by atoms with E-state index >= 15 is 0 Å². The highest BCUT2D eigenvalue weighted by molar-refractivity contribution is 9.10. The number of halogens is 1. The molecular weight excluding hydrogens is 372 g/mol. The standard InChI is InChI=1S/C19H23BrO4/c1-5-17(21)24-16(19(2,3)4)11-9-7-6-8-10-14-12-15(20)13-23-18(14)22/h5,12-13,16H,1,6-7,9,11H2,2-4H3/t16-/m0/s1. The second kappa shape index (κ2) is 9.48. The van der Waals surface area contributed by atoms with Crippen molar-refractivity contribution in [3.05, 3.63) is 45.4 Å². The van der Waals surface area contributed by atoms with Gasteiger partial charge in [0.2, 0.25) is 0 Å². The number of ether oxygens (including phenoxy) is 1. The summed E-state index contributed by atoms with van der Waals surface area (Å²) in [5.74, 6) is 5.42. The van der Waals surface area contributed by atoms with Crippen molar-refractivity contribution in [3.63, 3.8) is 0 Å². The van der Waals surface area contributed by atoms with Crippen LogP contribution >= 0.6 is 15.9 Å². The minimum atomic E-state index is -0.435. The van der Waals surface area contributed by atoms with Gasteiger partial charge in [0.05, 0.1) is 4.47 Å². The van der Waals surface area contributed by atoms with Gasteiger partial charge in [-0.1, -0.05) is 39.2 Å². The fourth-order valence-electron chi connectivity index (χ4n) is 2.05. The summed E-state index contributed by atoms with van der Waals surface area (Å²) in [5, 5.41) is 0. The summed E-state index contributed by atoms with van der Waals surface area (Å²) < 4.78 is 10.9. The van der Waals surface area contributed by atoms with E-state index in [1.807, 2.05) is 20.8 Å². The molecule has 0 fully saturated rings. The molecule has 0 aliphatic heterocycles. The Balaban J connectivity index is 2.48. The highest BCUT2D eigenvalue weighted by Crippen LogP contribution is 2.27. The van der Waals surface area contributed by atoms with Crippen molar-refractivity contribution in [1.82, 2.24) is 0 Å². The second-order valence-corrected chi connectivity index (χ2v) is 7.42. The topological polar surface area (TPSA) is 56.5 Å². The zero-order valence-corrected chi connectivity index (χ0v) is 15.9. The van der Waals surface area contributed by atoms with E-state index in [-0.39, 0.29) is 11.5 Å². The third-order valence-electron chi connectivity index (χ3n) is 3.41. The van der Waals surface area contributed by atoms with Gasteiger partial charge >= 0.3 is 11.6 Å². The number of rotatable bonds is 6. The van der Waals surface area contributed by atoms with E-state index < -0.39 is 11.6 Å². The van der Waals surface area contributed by atoms with Gasteiger partial charge in [-0.3, -0.25) is 0 Å². The molecule has 0 N–H and O–H groups in total. The third-order valence-corrected chi connectivity index (χ3v) is 3.83. The Morgan fingerprint density at radius 2 is 2.17 bits per heavy atom. The van der Waals surface area contributed by atoms with Gasteiger partial charge in [0.15, 0.2) is 0 Å². The Labute approximate surface area is 151 Å². The first-order chi connectivity index (χ1) is 11.2. The van der Waals surface area contributed by atoms with Gasteiger partial charge < -0.3 is 9.15 Å². The van der Waals surface area contributed by atoms with Crippen LogP contribution in [0, 0.1) is 17.3 Å². The molecule has 1 aromatic heterocycles. The van der Waals surface area contributed by atoms with Gasteiger partial charge in [-0.15, -0.1) is 0 Å². The number of carbonyl (C=O) groups is 1. The van der Waals surface area contributed by atoms with Crippen LogP contribution in [0.2, 0.25) is 0 Å². The zero-order chi connectivity index (χ0) is 18.2. The Hall–Kier alpha value is -1.80. The van der Waals surface area contributed by atoms with Gasteiger partial charge in [-0.2, -0.15) is 0 Å². The molecule has 0 radical (unpaired) electrons. The number of unbranched alkanes of at least 4 members (excludes halogenated alkanes) is 2. The molecule has 24 heavy (non-hydrogen) atoms. The molecule has 0 aliphatic carbocycles. The zero-order valence-electron chi connectivity index (χ0n) is 14.4. The molecule has 1 rings (SSSR count). The summed E-state index contributed by atoms with van der Waals surface area (Å²) in [5.41, 5.74) is -0.216. The second-order valence-electron chi connectivity index (χ2n) is 6.51. The van der Waals surface area contributed by atoms with Crippen LogP contribution in [0.3, 0.4) is 0 Å². The van der Waals surface area contributed by atoms with Crippen molar-refractivity contribution >= 4 is 21.9 Å². The van der Waals surface area contributed by atoms with Gasteiger partial charge in [0.25, 0.3) is 0 Å². The van der Waals surface area contributed by atoms with Gasteiger partial charge in [-0.25, -0.2) is 9.59 Å². The van der Waals surface area contributed by atoms with Crippen LogP contribution in [-0.2, 0) is 9.53 Å². The Kier molecular flexibility index (Phi) is 8.00. The van der Waals surface area contributed by atoms with Crippen LogP contribution in [0.25, 0.3) is 0 Å². The first kappa shape index (κ1) is 20.2. The number of hydrogen-bond acceptors (Lipinski definition) is 4. The first-order valence-corrected chi connectivity index (χ1v) is 8.63. The molecule has 5 heteroatoms. The van der Waals surface area contributed by atoms with E-state index in [0.717, 1.165) is 19.3 Å². The molecular formula is C19H23BrO4. The van der Waals surface area contributed by atoms with Crippen molar-refractivity contribution in [2.24, 2.45) is 5.41 Å². The molecule has 0 aromatic carbocycles. The lowest BCUT2D eigenvalue weighted by Crippen LogP contribution is -2.31. The maximum Gasteiger partial charge on any atom is 0.351 e. The van der Waals surface area contributed by atoms with E-state index in [1.165, 1.54) is 12.3 Å². The summed E-state index contributed by atoms with van der Waals surface area (Å²) in [7, 11) is 0. The molecule has 0 saturated heterocycles. The molecule has 0 aliphatic rings. The van der Waals surface area contributed by atoms with Crippen LogP contribution in [0.4, 0.5) is 0 Å². The normalized spacial score (nSPS) is 12.0. The quantitative estimate of drug-likeness (QED) is 0.309. The van der Waals surface area contributed by atoms with E-state index in [1.54, 1.807) is 6.07 Å². The summed E-state index contributed by atoms with van der Waals surface area (Å²) in [6.45, 7) is 9.56. The Bertz CT molecular complexity index is 686. The van der Waals surface area contributed by atoms with E-state index in [9.17, 15) is 9.59 Å². The largest absolute Gasteiger partial charge is 0.459 e. The van der Waals surface area contributed by atoms with Crippen molar-refractivity contribution in [2.45, 2.75) is 52.6 Å². The maximum absolute atomic E-state index is 11.5. The van der Waals surface area contributed by atoms with E-state index in [2.05, 4.69) is 34.3 Å². The molecule has 0 unspecified atom stereocenters. The maximum atomic E-state index is 11.5. The molecule has 1 heterocycles. The Morgan fingerprint density at radius 1 is 1.46 bits per heavy atom. The molecule has 1 atom stereocenters. The van der Waals surface area contributed by atoms with Crippen LogP contribution in [0.1, 0.15) is 52.0 Å². The Morgan fingerprint density at radius 3 is 2.79 bits per heavy atom. The molecule has 1 aromatic rings. The number of hydrogen-bond donors (Lipinski definition) is 0. The minimum Gasteiger partial charge on any atom is -0.459 e. The van der Waals surface area contributed by atoms with E-state index in [0.29, 0.717) is 16.5 Å². The predicted molar refractivity (Wildman–Crippen MR) is 97.6 cm³/mol. The first-order valence-electron chi connectivity index (χ1n) is 7.84. The summed E-state index contributed by atoms with van der Waals surface area (Å²) >= 11 is 3.24. The van der Waals surface area contributed by atoms with Gasteiger partial charge in [0.1, 0.15) is 17.9 Å². The average molecular weight is 395 g/mol. The van der Waals surface area contributed by atoms with Crippen molar-refractivity contribution in [2.75, 3.05) is 0 Å². The fourth-order valence-corrected chi connectivity index (χ4v) is 2.37. The molecule has 130 valence electrons. The fraction of sp³-hybridized carbons (Fsp3) is 0.474. The lowest BCUT2D eigenvalue weighted by Gasteiger charge is -2.30. The van der Waals surface area contributed by atoms with Gasteiger partial charge in [-0.05, 0) is 46.7 Å². The van der Waals surface area contributed by atoms with Crippen LogP contribution in [0.15, 0.2) is 38.7 Å². The molecule has 0 saturated carbocycles. The lowest BCUT2D eigenvalue weighted by molar-refractivity contribution is -0.149. The summed E-state index contributed by atoms with van der Waals surface area (Å²) in [4.78, 5) is 22.9. The number of esters is 1. The van der Waals surface area contributed by atoms with Gasteiger partial charge in [0, 0.05) is 12.5 Å². The molecule has 4 nitrogen and oxygen atoms in total. The number of carbonyl (C=O) groups excluding carboxylic acids is 1. The van der Waals surface area contributed by atoms with Crippen LogP contribution < -0.4 is 5.63 Å². The smallest absolute Gasteiger partial charge is 0.351 e. The molecule has 0 spiro atoms. The minimum absolute atomic E-state index is 0.125. The van der Waals surface area contributed by atoms with Crippen molar-refractivity contribution in [3.8, 4) is 11.8 Å². The summed E-state index contributed by atoms with van der Waals surface area (Å²) in [6, 6.07) is 1.64. The third kappa shape index (κ3) is 7.18. The highest BCUT2D eigenvalue weighted by atomic mass is 79.9. The van der Waals surface area contributed by atoms with Crippen LogP contribution in [-0.4, -0.2) is 12.1 Å². The van der Waals surface area contributed by atoms with E-state index in [4.69, 9.17) is 9.15 Å². The predicted octanol–water partition coefficient (Wildman–Crippen LogP) is 4.46. The van der Waals surface area contributed by atoms with Crippen LogP contribution in [0.5, 0.6) is 0 Å². The van der Waals surface area contributed by atoms with Crippen molar-refractivity contribution < 1.29 is 13.9 Å².